The normalized spacial score (nSPS) is 15.9. The summed E-state index contributed by atoms with van der Waals surface area (Å²) in [6.07, 6.45) is 9.45. The average Bonchev–Trinajstić information content (AvgIpc) is 2.98. The smallest absolute Gasteiger partial charge is 0.270 e. The van der Waals surface area contributed by atoms with E-state index >= 15 is 0 Å². The quantitative estimate of drug-likeness (QED) is 0.942. The van der Waals surface area contributed by atoms with Crippen molar-refractivity contribution in [1.82, 2.24) is 15.3 Å². The molecule has 2 heterocycles. The maximum Gasteiger partial charge on any atom is 0.270 e. The summed E-state index contributed by atoms with van der Waals surface area (Å²) >= 11 is 1.50. The van der Waals surface area contributed by atoms with Gasteiger partial charge >= 0.3 is 0 Å². The minimum absolute atomic E-state index is 0.0501. The van der Waals surface area contributed by atoms with Crippen molar-refractivity contribution in [3.05, 3.63) is 35.1 Å². The Labute approximate surface area is 128 Å². The van der Waals surface area contributed by atoms with E-state index < -0.39 is 0 Å². The molecule has 4 nitrogen and oxygen atoms in total. The summed E-state index contributed by atoms with van der Waals surface area (Å²) in [5.74, 6) is -0.0501. The van der Waals surface area contributed by atoms with Crippen LogP contribution in [0, 0.1) is 6.92 Å². The molecule has 0 radical (unpaired) electrons. The van der Waals surface area contributed by atoms with Crippen LogP contribution in [0.15, 0.2) is 23.8 Å². The van der Waals surface area contributed by atoms with Crippen LogP contribution < -0.4 is 5.32 Å². The molecule has 0 unspecified atom stereocenters. The van der Waals surface area contributed by atoms with Gasteiger partial charge in [-0.15, -0.1) is 11.3 Å². The second-order valence-electron chi connectivity index (χ2n) is 5.54. The second kappa shape index (κ2) is 6.35. The molecule has 2 aromatic rings. The number of carbonyl (C=O) groups excluding carboxylic acids is 1. The molecule has 110 valence electrons. The van der Waals surface area contributed by atoms with Crippen LogP contribution in [0.25, 0.3) is 10.6 Å². The fourth-order valence-corrected chi connectivity index (χ4v) is 3.57. The van der Waals surface area contributed by atoms with Crippen molar-refractivity contribution in [1.29, 1.82) is 0 Å². The van der Waals surface area contributed by atoms with Crippen molar-refractivity contribution in [2.75, 3.05) is 0 Å². The second-order valence-corrected chi connectivity index (χ2v) is 6.39. The van der Waals surface area contributed by atoms with Crippen molar-refractivity contribution in [2.24, 2.45) is 0 Å². The Bertz CT molecular complexity index is 632. The van der Waals surface area contributed by atoms with Crippen molar-refractivity contribution >= 4 is 17.2 Å². The zero-order valence-electron chi connectivity index (χ0n) is 12.1. The highest BCUT2D eigenvalue weighted by atomic mass is 32.1. The molecular weight excluding hydrogens is 282 g/mol. The third-order valence-electron chi connectivity index (χ3n) is 3.95. The van der Waals surface area contributed by atoms with Gasteiger partial charge in [0.15, 0.2) is 0 Å². The molecule has 1 aliphatic rings. The Morgan fingerprint density at radius 1 is 1.33 bits per heavy atom. The molecular formula is C16H19N3OS. The first-order valence-electron chi connectivity index (χ1n) is 7.41. The molecule has 0 spiro atoms. The van der Waals surface area contributed by atoms with Crippen molar-refractivity contribution in [2.45, 2.75) is 45.1 Å². The topological polar surface area (TPSA) is 54.9 Å². The minimum Gasteiger partial charge on any atom is -0.348 e. The zero-order chi connectivity index (χ0) is 14.7. The lowest BCUT2D eigenvalue weighted by Crippen LogP contribution is -2.36. The number of carbonyl (C=O) groups is 1. The van der Waals surface area contributed by atoms with E-state index in [1.807, 2.05) is 18.4 Å². The van der Waals surface area contributed by atoms with Crippen LogP contribution in [0.2, 0.25) is 0 Å². The molecule has 0 atom stereocenters. The van der Waals surface area contributed by atoms with Crippen molar-refractivity contribution < 1.29 is 4.79 Å². The van der Waals surface area contributed by atoms with Gasteiger partial charge in [0.05, 0.1) is 0 Å². The van der Waals surface area contributed by atoms with Crippen LogP contribution in [0.4, 0.5) is 0 Å². The van der Waals surface area contributed by atoms with Gasteiger partial charge in [0, 0.05) is 29.4 Å². The number of thiazole rings is 1. The molecule has 1 fully saturated rings. The third kappa shape index (κ3) is 3.29. The van der Waals surface area contributed by atoms with E-state index in [4.69, 9.17) is 0 Å². The Morgan fingerprint density at radius 3 is 2.90 bits per heavy atom. The van der Waals surface area contributed by atoms with E-state index in [1.54, 1.807) is 12.4 Å². The molecule has 1 amide bonds. The standard InChI is InChI=1S/C16H19N3OS/c1-11-7-8-17-9-13(11)16-19-14(10-21-16)15(20)18-12-5-3-2-4-6-12/h7-10,12H,2-6H2,1H3,(H,18,20). The van der Waals surface area contributed by atoms with Crippen LogP contribution in [-0.4, -0.2) is 21.9 Å². The molecule has 0 saturated heterocycles. The lowest BCUT2D eigenvalue weighted by Gasteiger charge is -2.22. The number of aromatic nitrogens is 2. The summed E-state index contributed by atoms with van der Waals surface area (Å²) in [5, 5.41) is 5.79. The van der Waals surface area contributed by atoms with Crippen LogP contribution in [-0.2, 0) is 0 Å². The van der Waals surface area contributed by atoms with Gasteiger partial charge in [-0.2, -0.15) is 0 Å². The van der Waals surface area contributed by atoms with E-state index in [0.29, 0.717) is 11.7 Å². The van der Waals surface area contributed by atoms with Gasteiger partial charge in [-0.3, -0.25) is 9.78 Å². The van der Waals surface area contributed by atoms with E-state index in [2.05, 4.69) is 15.3 Å². The van der Waals surface area contributed by atoms with Gasteiger partial charge in [0.1, 0.15) is 10.7 Å². The minimum atomic E-state index is -0.0501. The monoisotopic (exact) mass is 301 g/mol. The van der Waals surface area contributed by atoms with Crippen LogP contribution in [0.5, 0.6) is 0 Å². The summed E-state index contributed by atoms with van der Waals surface area (Å²) in [7, 11) is 0. The molecule has 2 aromatic heterocycles. The third-order valence-corrected chi connectivity index (χ3v) is 4.82. The van der Waals surface area contributed by atoms with E-state index in [-0.39, 0.29) is 5.91 Å². The maximum absolute atomic E-state index is 12.3. The number of amides is 1. The summed E-state index contributed by atoms with van der Waals surface area (Å²) in [6.45, 7) is 2.03. The van der Waals surface area contributed by atoms with E-state index in [9.17, 15) is 4.79 Å². The molecule has 1 N–H and O–H groups in total. The first kappa shape index (κ1) is 14.2. The average molecular weight is 301 g/mol. The fourth-order valence-electron chi connectivity index (χ4n) is 2.70. The first-order chi connectivity index (χ1) is 10.2. The van der Waals surface area contributed by atoms with Crippen molar-refractivity contribution in [3.63, 3.8) is 0 Å². The Hall–Kier alpha value is -1.75. The number of hydrogen-bond donors (Lipinski definition) is 1. The highest BCUT2D eigenvalue weighted by Crippen LogP contribution is 2.26. The summed E-state index contributed by atoms with van der Waals surface area (Å²) in [6, 6.07) is 2.27. The lowest BCUT2D eigenvalue weighted by atomic mass is 9.95. The molecule has 0 bridgehead atoms. The van der Waals surface area contributed by atoms with Gasteiger partial charge in [-0.05, 0) is 31.4 Å². The molecule has 1 saturated carbocycles. The number of hydrogen-bond acceptors (Lipinski definition) is 4. The summed E-state index contributed by atoms with van der Waals surface area (Å²) in [4.78, 5) is 20.9. The largest absolute Gasteiger partial charge is 0.348 e. The van der Waals surface area contributed by atoms with Gasteiger partial charge in [-0.1, -0.05) is 19.3 Å². The predicted octanol–water partition coefficient (Wildman–Crippen LogP) is 3.58. The molecule has 1 aliphatic carbocycles. The number of nitrogens with zero attached hydrogens (tertiary/aromatic N) is 2. The van der Waals surface area contributed by atoms with Gasteiger partial charge < -0.3 is 5.32 Å². The molecule has 0 aliphatic heterocycles. The highest BCUT2D eigenvalue weighted by Gasteiger charge is 2.19. The maximum atomic E-state index is 12.3. The molecule has 3 rings (SSSR count). The first-order valence-corrected chi connectivity index (χ1v) is 8.29. The molecule has 5 heteroatoms. The fraction of sp³-hybridized carbons (Fsp3) is 0.438. The van der Waals surface area contributed by atoms with Gasteiger partial charge in [0.2, 0.25) is 0 Å². The molecule has 0 aromatic carbocycles. The number of rotatable bonds is 3. The number of nitrogens with one attached hydrogen (secondary N) is 1. The van der Waals surface area contributed by atoms with Gasteiger partial charge in [0.25, 0.3) is 5.91 Å². The van der Waals surface area contributed by atoms with Gasteiger partial charge in [-0.25, -0.2) is 4.98 Å². The molecule has 21 heavy (non-hydrogen) atoms. The van der Waals surface area contributed by atoms with Crippen LogP contribution in [0.1, 0.15) is 48.2 Å². The zero-order valence-corrected chi connectivity index (χ0v) is 12.9. The number of aryl methyl sites for hydroxylation is 1. The summed E-state index contributed by atoms with van der Waals surface area (Å²) in [5.41, 5.74) is 2.64. The van der Waals surface area contributed by atoms with E-state index in [0.717, 1.165) is 29.0 Å². The SMILES string of the molecule is Cc1ccncc1-c1nc(C(=O)NC2CCCCC2)cs1. The van der Waals surface area contributed by atoms with Crippen LogP contribution >= 0.6 is 11.3 Å². The Balaban J connectivity index is 1.72. The van der Waals surface area contributed by atoms with E-state index in [1.165, 1.54) is 30.6 Å². The lowest BCUT2D eigenvalue weighted by molar-refractivity contribution is 0.0923. The van der Waals surface area contributed by atoms with Crippen LogP contribution in [0.3, 0.4) is 0 Å². The summed E-state index contributed by atoms with van der Waals surface area (Å²) < 4.78 is 0. The predicted molar refractivity (Wildman–Crippen MR) is 84.4 cm³/mol. The Morgan fingerprint density at radius 2 is 2.14 bits per heavy atom. The number of pyridine rings is 1. The Kier molecular flexibility index (Phi) is 4.29. The van der Waals surface area contributed by atoms with Crippen molar-refractivity contribution in [3.8, 4) is 10.6 Å². The highest BCUT2D eigenvalue weighted by molar-refractivity contribution is 7.13.